The van der Waals surface area contributed by atoms with Crippen molar-refractivity contribution in [2.45, 2.75) is 69.1 Å². The number of aliphatic hydroxyl groups is 1. The van der Waals surface area contributed by atoms with Crippen LogP contribution in [-0.4, -0.2) is 42.0 Å². The zero-order chi connectivity index (χ0) is 17.5. The van der Waals surface area contributed by atoms with Gasteiger partial charge in [-0.25, -0.2) is 4.79 Å². The highest BCUT2D eigenvalue weighted by Gasteiger charge is 2.38. The van der Waals surface area contributed by atoms with Crippen molar-refractivity contribution >= 4 is 6.03 Å². The molecule has 25 heavy (non-hydrogen) atoms. The van der Waals surface area contributed by atoms with E-state index in [-0.39, 0.29) is 30.3 Å². The molecule has 138 valence electrons. The number of hydrogen-bond acceptors (Lipinski definition) is 3. The Morgan fingerprint density at radius 2 is 2.00 bits per heavy atom. The number of benzene rings is 1. The summed E-state index contributed by atoms with van der Waals surface area (Å²) in [7, 11) is 0. The second kappa shape index (κ2) is 8.68. The van der Waals surface area contributed by atoms with E-state index in [4.69, 9.17) is 4.74 Å². The Balaban J connectivity index is 1.49. The lowest BCUT2D eigenvalue weighted by Crippen LogP contribution is -2.53. The fourth-order valence-electron chi connectivity index (χ4n) is 4.17. The minimum atomic E-state index is -0.272. The summed E-state index contributed by atoms with van der Waals surface area (Å²) in [5.41, 5.74) is 1.09. The van der Waals surface area contributed by atoms with Crippen LogP contribution >= 0.6 is 0 Å². The SMILES string of the molecule is O=C(NC1CCOC2(CCCCC2)C1)N[C@H](CO)Cc1ccccc1. The summed E-state index contributed by atoms with van der Waals surface area (Å²) >= 11 is 0. The number of carbonyl (C=O) groups excluding carboxylic acids is 1. The molecule has 2 aliphatic rings. The molecule has 0 radical (unpaired) electrons. The maximum atomic E-state index is 12.4. The molecule has 3 rings (SSSR count). The van der Waals surface area contributed by atoms with Crippen LogP contribution in [0.5, 0.6) is 0 Å². The van der Waals surface area contributed by atoms with Crippen LogP contribution in [0, 0.1) is 0 Å². The van der Waals surface area contributed by atoms with Crippen molar-refractivity contribution in [3.63, 3.8) is 0 Å². The maximum absolute atomic E-state index is 12.4. The smallest absolute Gasteiger partial charge is 0.315 e. The predicted octanol–water partition coefficient (Wildman–Crippen LogP) is 2.77. The van der Waals surface area contributed by atoms with Crippen molar-refractivity contribution in [2.75, 3.05) is 13.2 Å². The highest BCUT2D eigenvalue weighted by molar-refractivity contribution is 5.74. The van der Waals surface area contributed by atoms with E-state index in [1.807, 2.05) is 30.3 Å². The van der Waals surface area contributed by atoms with E-state index < -0.39 is 0 Å². The zero-order valence-electron chi connectivity index (χ0n) is 14.9. The fraction of sp³-hybridized carbons (Fsp3) is 0.650. The third kappa shape index (κ3) is 5.19. The third-order valence-electron chi connectivity index (χ3n) is 5.47. The minimum Gasteiger partial charge on any atom is -0.394 e. The molecule has 3 N–H and O–H groups in total. The van der Waals surface area contributed by atoms with Crippen molar-refractivity contribution in [1.29, 1.82) is 0 Å². The molecule has 1 aromatic rings. The Morgan fingerprint density at radius 3 is 2.72 bits per heavy atom. The van der Waals surface area contributed by atoms with Crippen LogP contribution in [0.1, 0.15) is 50.5 Å². The summed E-state index contributed by atoms with van der Waals surface area (Å²) in [6, 6.07) is 9.61. The number of urea groups is 1. The molecule has 1 heterocycles. The molecule has 5 nitrogen and oxygen atoms in total. The predicted molar refractivity (Wildman–Crippen MR) is 97.5 cm³/mol. The van der Waals surface area contributed by atoms with Gasteiger partial charge in [-0.05, 0) is 37.7 Å². The van der Waals surface area contributed by atoms with Gasteiger partial charge in [-0.3, -0.25) is 0 Å². The Labute approximate surface area is 150 Å². The topological polar surface area (TPSA) is 70.6 Å². The molecule has 1 saturated heterocycles. The van der Waals surface area contributed by atoms with Gasteiger partial charge in [-0.2, -0.15) is 0 Å². The summed E-state index contributed by atoms with van der Waals surface area (Å²) < 4.78 is 6.09. The molecular formula is C20H30N2O3. The molecule has 2 amide bonds. The highest BCUT2D eigenvalue weighted by Crippen LogP contribution is 2.38. The van der Waals surface area contributed by atoms with E-state index in [1.54, 1.807) is 0 Å². The lowest BCUT2D eigenvalue weighted by molar-refractivity contribution is -0.107. The first kappa shape index (κ1) is 18.2. The Bertz CT molecular complexity index is 538. The second-order valence-corrected chi connectivity index (χ2v) is 7.47. The van der Waals surface area contributed by atoms with Crippen LogP contribution in [0.3, 0.4) is 0 Å². The number of ether oxygens (including phenoxy) is 1. The first-order valence-electron chi connectivity index (χ1n) is 9.55. The van der Waals surface area contributed by atoms with Crippen molar-refractivity contribution in [3.05, 3.63) is 35.9 Å². The van der Waals surface area contributed by atoms with Crippen LogP contribution in [-0.2, 0) is 11.2 Å². The molecule has 1 aliphatic heterocycles. The molecule has 1 aromatic carbocycles. The van der Waals surface area contributed by atoms with Crippen LogP contribution in [0.4, 0.5) is 4.79 Å². The molecule has 1 saturated carbocycles. The molecule has 0 bridgehead atoms. The number of nitrogens with one attached hydrogen (secondary N) is 2. The second-order valence-electron chi connectivity index (χ2n) is 7.47. The molecule has 2 atom stereocenters. The van der Waals surface area contributed by atoms with E-state index in [1.165, 1.54) is 19.3 Å². The lowest BCUT2D eigenvalue weighted by Gasteiger charge is -2.43. The summed E-state index contributed by atoms with van der Waals surface area (Å²) in [5, 5.41) is 15.6. The number of aliphatic hydroxyl groups excluding tert-OH is 1. The average molecular weight is 346 g/mol. The lowest BCUT2D eigenvalue weighted by atomic mass is 9.78. The van der Waals surface area contributed by atoms with Crippen LogP contribution in [0.15, 0.2) is 30.3 Å². The summed E-state index contributed by atoms with van der Waals surface area (Å²) in [6.07, 6.45) is 8.36. The molecule has 1 aliphatic carbocycles. The molecule has 0 aromatic heterocycles. The summed E-state index contributed by atoms with van der Waals surface area (Å²) in [5.74, 6) is 0. The van der Waals surface area contributed by atoms with Crippen LogP contribution in [0.25, 0.3) is 0 Å². The highest BCUT2D eigenvalue weighted by atomic mass is 16.5. The molecule has 1 unspecified atom stereocenters. The van der Waals surface area contributed by atoms with Gasteiger partial charge < -0.3 is 20.5 Å². The van der Waals surface area contributed by atoms with Gasteiger partial charge in [0, 0.05) is 12.6 Å². The van der Waals surface area contributed by atoms with Gasteiger partial charge in [0.2, 0.25) is 0 Å². The molecule has 5 heteroatoms. The van der Waals surface area contributed by atoms with Gasteiger partial charge >= 0.3 is 6.03 Å². The number of carbonyl (C=O) groups is 1. The Morgan fingerprint density at radius 1 is 1.24 bits per heavy atom. The van der Waals surface area contributed by atoms with Crippen LogP contribution < -0.4 is 10.6 Å². The van der Waals surface area contributed by atoms with E-state index in [0.717, 1.165) is 37.9 Å². The Hall–Kier alpha value is -1.59. The van der Waals surface area contributed by atoms with Crippen molar-refractivity contribution in [1.82, 2.24) is 10.6 Å². The van der Waals surface area contributed by atoms with Crippen LogP contribution in [0.2, 0.25) is 0 Å². The molecule has 2 fully saturated rings. The molecule has 1 spiro atoms. The van der Waals surface area contributed by atoms with E-state index >= 15 is 0 Å². The average Bonchev–Trinajstić information content (AvgIpc) is 2.62. The largest absolute Gasteiger partial charge is 0.394 e. The van der Waals surface area contributed by atoms with Crippen molar-refractivity contribution < 1.29 is 14.6 Å². The van der Waals surface area contributed by atoms with Crippen molar-refractivity contribution in [2.24, 2.45) is 0 Å². The number of hydrogen-bond donors (Lipinski definition) is 3. The van der Waals surface area contributed by atoms with Gasteiger partial charge in [0.1, 0.15) is 0 Å². The first-order valence-corrected chi connectivity index (χ1v) is 9.55. The number of rotatable bonds is 5. The Kier molecular flexibility index (Phi) is 6.32. The fourth-order valence-corrected chi connectivity index (χ4v) is 4.17. The van der Waals surface area contributed by atoms with Gasteiger partial charge in [0.25, 0.3) is 0 Å². The van der Waals surface area contributed by atoms with E-state index in [9.17, 15) is 9.90 Å². The standard InChI is InChI=1S/C20H30N2O3/c23-15-18(13-16-7-3-1-4-8-16)22-19(24)21-17-9-12-25-20(14-17)10-5-2-6-11-20/h1,3-4,7-8,17-18,23H,2,5-6,9-15H2,(H2,21,22,24)/t17?,18-/m0/s1. The quantitative estimate of drug-likeness (QED) is 0.768. The van der Waals surface area contributed by atoms with Gasteiger partial charge in [0.15, 0.2) is 0 Å². The van der Waals surface area contributed by atoms with E-state index in [2.05, 4.69) is 10.6 Å². The number of amides is 2. The maximum Gasteiger partial charge on any atom is 0.315 e. The summed E-state index contributed by atoms with van der Waals surface area (Å²) in [4.78, 5) is 12.4. The zero-order valence-corrected chi connectivity index (χ0v) is 14.9. The van der Waals surface area contributed by atoms with E-state index in [0.29, 0.717) is 6.42 Å². The normalized spacial score (nSPS) is 23.8. The van der Waals surface area contributed by atoms with Gasteiger partial charge in [-0.15, -0.1) is 0 Å². The van der Waals surface area contributed by atoms with Crippen molar-refractivity contribution in [3.8, 4) is 0 Å². The van der Waals surface area contributed by atoms with Gasteiger partial charge in [-0.1, -0.05) is 49.6 Å². The monoisotopic (exact) mass is 346 g/mol. The first-order chi connectivity index (χ1) is 12.2. The third-order valence-corrected chi connectivity index (χ3v) is 5.47. The summed E-state index contributed by atoms with van der Waals surface area (Å²) in [6.45, 7) is 0.651. The molecular weight excluding hydrogens is 316 g/mol. The minimum absolute atomic E-state index is 0.0190. The van der Waals surface area contributed by atoms with Gasteiger partial charge in [0.05, 0.1) is 18.2 Å².